The molecular formula is C22H30N2O4S. The molecule has 0 spiro atoms. The van der Waals surface area contributed by atoms with Gasteiger partial charge in [0.25, 0.3) is 5.91 Å². The molecule has 0 radical (unpaired) electrons. The highest BCUT2D eigenvalue weighted by Crippen LogP contribution is 2.23. The van der Waals surface area contributed by atoms with Gasteiger partial charge in [0.05, 0.1) is 18.0 Å². The molecule has 0 aliphatic heterocycles. The molecule has 2 rings (SSSR count). The second-order valence-corrected chi connectivity index (χ2v) is 9.33. The van der Waals surface area contributed by atoms with Gasteiger partial charge in [0, 0.05) is 7.05 Å². The van der Waals surface area contributed by atoms with E-state index in [9.17, 15) is 13.2 Å². The quantitative estimate of drug-likeness (QED) is 0.709. The van der Waals surface area contributed by atoms with Gasteiger partial charge in [-0.05, 0) is 62.6 Å². The molecule has 7 heteroatoms. The van der Waals surface area contributed by atoms with Crippen molar-refractivity contribution in [2.45, 2.75) is 46.3 Å². The van der Waals surface area contributed by atoms with E-state index in [1.165, 1.54) is 16.9 Å². The summed E-state index contributed by atoms with van der Waals surface area (Å²) in [6, 6.07) is 12.7. The zero-order valence-corrected chi connectivity index (χ0v) is 18.7. The number of amides is 1. The minimum Gasteiger partial charge on any atom is -0.481 e. The molecule has 2 atom stereocenters. The van der Waals surface area contributed by atoms with Crippen LogP contribution in [0.25, 0.3) is 0 Å². The summed E-state index contributed by atoms with van der Waals surface area (Å²) in [7, 11) is -1.84. The van der Waals surface area contributed by atoms with E-state index in [0.717, 1.165) is 23.8 Å². The predicted octanol–water partition coefficient (Wildman–Crippen LogP) is 3.73. The molecule has 0 fully saturated rings. The summed E-state index contributed by atoms with van der Waals surface area (Å²) in [5.41, 5.74) is 3.97. The van der Waals surface area contributed by atoms with Crippen molar-refractivity contribution >= 4 is 21.6 Å². The van der Waals surface area contributed by atoms with Crippen molar-refractivity contribution in [2.75, 3.05) is 17.6 Å². The standard InChI is InChI=1S/C22H30N2O4S/c1-7-21(20-13-8-15(2)14-16(20)3)23-22(25)17(4)28-19-11-9-18(10-12-19)24(5)29(6,26)27/h8-14,17,21H,7H2,1-6H3,(H,23,25)/t17-,21+/m1/s1. The van der Waals surface area contributed by atoms with Crippen LogP contribution in [0.15, 0.2) is 42.5 Å². The second kappa shape index (κ2) is 9.31. The average Bonchev–Trinajstić information content (AvgIpc) is 2.65. The Morgan fingerprint density at radius 3 is 2.28 bits per heavy atom. The van der Waals surface area contributed by atoms with Crippen LogP contribution in [-0.4, -0.2) is 33.7 Å². The van der Waals surface area contributed by atoms with Gasteiger partial charge in [0.2, 0.25) is 10.0 Å². The van der Waals surface area contributed by atoms with Crippen molar-refractivity contribution in [3.8, 4) is 5.75 Å². The molecule has 0 aliphatic carbocycles. The minimum atomic E-state index is -3.33. The largest absolute Gasteiger partial charge is 0.481 e. The van der Waals surface area contributed by atoms with E-state index < -0.39 is 16.1 Å². The number of nitrogens with one attached hydrogen (secondary N) is 1. The summed E-state index contributed by atoms with van der Waals surface area (Å²) >= 11 is 0. The molecule has 0 bridgehead atoms. The van der Waals surface area contributed by atoms with Crippen molar-refractivity contribution in [1.82, 2.24) is 5.32 Å². The zero-order chi connectivity index (χ0) is 21.8. The highest BCUT2D eigenvalue weighted by molar-refractivity contribution is 7.92. The molecule has 6 nitrogen and oxygen atoms in total. The lowest BCUT2D eigenvalue weighted by atomic mass is 9.97. The predicted molar refractivity (Wildman–Crippen MR) is 117 cm³/mol. The fraction of sp³-hybridized carbons (Fsp3) is 0.409. The van der Waals surface area contributed by atoms with Gasteiger partial charge in [-0.2, -0.15) is 0 Å². The van der Waals surface area contributed by atoms with Gasteiger partial charge >= 0.3 is 0 Å². The highest BCUT2D eigenvalue weighted by Gasteiger charge is 2.20. The summed E-state index contributed by atoms with van der Waals surface area (Å²) in [5.74, 6) is 0.298. The monoisotopic (exact) mass is 418 g/mol. The Labute approximate surface area is 173 Å². The molecule has 0 saturated heterocycles. The third-order valence-electron chi connectivity index (χ3n) is 4.91. The number of hydrogen-bond donors (Lipinski definition) is 1. The van der Waals surface area contributed by atoms with Gasteiger partial charge in [-0.3, -0.25) is 9.10 Å². The van der Waals surface area contributed by atoms with Crippen LogP contribution in [0.2, 0.25) is 0 Å². The van der Waals surface area contributed by atoms with Gasteiger partial charge in [0.15, 0.2) is 6.10 Å². The van der Waals surface area contributed by atoms with Crippen molar-refractivity contribution in [2.24, 2.45) is 0 Å². The van der Waals surface area contributed by atoms with Crippen LogP contribution in [0.1, 0.15) is 43.0 Å². The fourth-order valence-corrected chi connectivity index (χ4v) is 3.59. The maximum Gasteiger partial charge on any atom is 0.261 e. The Morgan fingerprint density at radius 1 is 1.14 bits per heavy atom. The van der Waals surface area contributed by atoms with E-state index in [4.69, 9.17) is 4.74 Å². The van der Waals surface area contributed by atoms with Gasteiger partial charge in [-0.25, -0.2) is 8.42 Å². The molecule has 1 amide bonds. The molecular weight excluding hydrogens is 388 g/mol. The van der Waals surface area contributed by atoms with Crippen LogP contribution in [0, 0.1) is 13.8 Å². The summed E-state index contributed by atoms with van der Waals surface area (Å²) < 4.78 is 30.2. The molecule has 1 N–H and O–H groups in total. The molecule has 0 aromatic heterocycles. The lowest BCUT2D eigenvalue weighted by Crippen LogP contribution is -2.38. The smallest absolute Gasteiger partial charge is 0.261 e. The summed E-state index contributed by atoms with van der Waals surface area (Å²) in [5, 5.41) is 3.06. The Bertz CT molecular complexity index is 955. The van der Waals surface area contributed by atoms with Crippen LogP contribution >= 0.6 is 0 Å². The number of benzene rings is 2. The lowest BCUT2D eigenvalue weighted by molar-refractivity contribution is -0.128. The van der Waals surface area contributed by atoms with Gasteiger partial charge in [-0.1, -0.05) is 30.7 Å². The third kappa shape index (κ3) is 5.97. The number of aryl methyl sites for hydroxylation is 2. The number of nitrogens with zero attached hydrogens (tertiary/aromatic N) is 1. The number of ether oxygens (including phenoxy) is 1. The number of carbonyl (C=O) groups excluding carboxylic acids is 1. The zero-order valence-electron chi connectivity index (χ0n) is 17.9. The number of hydrogen-bond acceptors (Lipinski definition) is 4. The SMILES string of the molecule is CC[C@H](NC(=O)[C@@H](C)Oc1ccc(N(C)S(C)(=O)=O)cc1)c1ccc(C)cc1C. The first-order valence-corrected chi connectivity index (χ1v) is 11.5. The van der Waals surface area contributed by atoms with Crippen molar-refractivity contribution in [3.05, 3.63) is 59.2 Å². The Balaban J connectivity index is 2.04. The van der Waals surface area contributed by atoms with Gasteiger partial charge < -0.3 is 10.1 Å². The molecule has 0 unspecified atom stereocenters. The first kappa shape index (κ1) is 22.7. The topological polar surface area (TPSA) is 75.7 Å². The first-order valence-electron chi connectivity index (χ1n) is 9.61. The minimum absolute atomic E-state index is 0.0834. The van der Waals surface area contributed by atoms with Crippen molar-refractivity contribution in [1.29, 1.82) is 0 Å². The third-order valence-corrected chi connectivity index (χ3v) is 6.11. The van der Waals surface area contributed by atoms with E-state index in [2.05, 4.69) is 17.4 Å². The van der Waals surface area contributed by atoms with E-state index in [-0.39, 0.29) is 11.9 Å². The number of sulfonamides is 1. The molecule has 0 heterocycles. The van der Waals surface area contributed by atoms with E-state index in [1.54, 1.807) is 31.2 Å². The molecule has 158 valence electrons. The summed E-state index contributed by atoms with van der Waals surface area (Å²) in [4.78, 5) is 12.7. The van der Waals surface area contributed by atoms with Gasteiger partial charge in [0.1, 0.15) is 5.75 Å². The number of anilines is 1. The van der Waals surface area contributed by atoms with E-state index >= 15 is 0 Å². The Kier molecular flexibility index (Phi) is 7.30. The molecule has 2 aromatic carbocycles. The maximum absolute atomic E-state index is 12.7. The second-order valence-electron chi connectivity index (χ2n) is 7.31. The van der Waals surface area contributed by atoms with Crippen LogP contribution in [0.5, 0.6) is 5.75 Å². The normalized spacial score (nSPS) is 13.4. The average molecular weight is 419 g/mol. The highest BCUT2D eigenvalue weighted by atomic mass is 32.2. The first-order chi connectivity index (χ1) is 13.5. The van der Waals surface area contributed by atoms with Crippen molar-refractivity contribution < 1.29 is 17.9 Å². The summed E-state index contributed by atoms with van der Waals surface area (Å²) in [6.07, 6.45) is 1.23. The molecule has 2 aromatic rings. The number of carbonyl (C=O) groups is 1. The number of rotatable bonds is 8. The van der Waals surface area contributed by atoms with E-state index in [1.807, 2.05) is 26.8 Å². The maximum atomic E-state index is 12.7. The fourth-order valence-electron chi connectivity index (χ4n) is 3.09. The van der Waals surface area contributed by atoms with Crippen LogP contribution in [0.3, 0.4) is 0 Å². The molecule has 0 saturated carbocycles. The Morgan fingerprint density at radius 2 is 1.76 bits per heavy atom. The van der Waals surface area contributed by atoms with Crippen LogP contribution in [0.4, 0.5) is 5.69 Å². The van der Waals surface area contributed by atoms with Crippen LogP contribution < -0.4 is 14.4 Å². The molecule has 29 heavy (non-hydrogen) atoms. The Hall–Kier alpha value is -2.54. The van der Waals surface area contributed by atoms with Crippen LogP contribution in [-0.2, 0) is 14.8 Å². The lowest BCUT2D eigenvalue weighted by Gasteiger charge is -2.23. The van der Waals surface area contributed by atoms with Crippen molar-refractivity contribution in [3.63, 3.8) is 0 Å². The molecule has 0 aliphatic rings. The van der Waals surface area contributed by atoms with Gasteiger partial charge in [-0.15, -0.1) is 0 Å². The van der Waals surface area contributed by atoms with E-state index in [0.29, 0.717) is 11.4 Å². The summed E-state index contributed by atoms with van der Waals surface area (Å²) in [6.45, 7) is 7.82.